The van der Waals surface area contributed by atoms with Crippen molar-refractivity contribution in [3.05, 3.63) is 0 Å². The summed E-state index contributed by atoms with van der Waals surface area (Å²) in [5.41, 5.74) is 0. The van der Waals surface area contributed by atoms with E-state index >= 15 is 0 Å². The van der Waals surface area contributed by atoms with E-state index in [9.17, 15) is 4.79 Å². The molecule has 0 bridgehead atoms. The van der Waals surface area contributed by atoms with Crippen LogP contribution in [0, 0.1) is 0 Å². The Morgan fingerprint density at radius 1 is 1.67 bits per heavy atom. The third-order valence-corrected chi connectivity index (χ3v) is 0.733. The van der Waals surface area contributed by atoms with E-state index in [0.29, 0.717) is 6.61 Å². The number of hydrogen-bond donors (Lipinski definition) is 0. The molecule has 0 aromatic heterocycles. The van der Waals surface area contributed by atoms with Crippen molar-refractivity contribution in [1.29, 1.82) is 0 Å². The molecule has 1 aliphatic heterocycles. The molecule has 1 rings (SSSR count). The summed E-state index contributed by atoms with van der Waals surface area (Å²) in [6.45, 7) is 2.18. The van der Waals surface area contributed by atoms with Gasteiger partial charge in [0.2, 0.25) is 0 Å². The van der Waals surface area contributed by atoms with E-state index in [4.69, 9.17) is 0 Å². The molecule has 0 aromatic rings. The molecular weight excluding hydrogens is 151 g/mol. The second-order valence-electron chi connectivity index (χ2n) is 1.49. The van der Waals surface area contributed by atoms with Crippen molar-refractivity contribution < 1.29 is 71.1 Å². The van der Waals surface area contributed by atoms with E-state index in [2.05, 4.69) is 9.47 Å². The van der Waals surface area contributed by atoms with Crippen LogP contribution in [-0.2, 0) is 9.47 Å². The van der Waals surface area contributed by atoms with Crippen LogP contribution in [0.4, 0.5) is 4.79 Å². The van der Waals surface area contributed by atoms with E-state index in [1.807, 2.05) is 0 Å². The number of rotatable bonds is 0. The Hall–Kier alpha value is 0.866. The summed E-state index contributed by atoms with van der Waals surface area (Å²) in [7, 11) is 0. The van der Waals surface area contributed by atoms with Gasteiger partial charge in [-0.25, -0.2) is 4.79 Å². The van der Waals surface area contributed by atoms with Crippen LogP contribution in [0.1, 0.15) is 6.92 Å². The first-order valence-electron chi connectivity index (χ1n) is 2.12. The van der Waals surface area contributed by atoms with Crippen molar-refractivity contribution in [3.8, 4) is 0 Å². The number of cyclic esters (lactones) is 2. The molecule has 0 saturated carbocycles. The molecule has 0 radical (unpaired) electrons. The zero-order valence-corrected chi connectivity index (χ0v) is 8.58. The summed E-state index contributed by atoms with van der Waals surface area (Å²) in [6.07, 6.45) is -0.597. The summed E-state index contributed by atoms with van der Waals surface area (Å²) < 4.78 is 8.90. The van der Waals surface area contributed by atoms with Crippen molar-refractivity contribution in [1.82, 2.24) is 0 Å². The summed E-state index contributed by atoms with van der Waals surface area (Å²) in [5, 5.41) is 0. The maximum absolute atomic E-state index is 10.0. The Morgan fingerprint density at radius 2 is 2.22 bits per heavy atom. The van der Waals surface area contributed by atoms with Gasteiger partial charge in [0.15, 0.2) is 0 Å². The molecule has 0 spiro atoms. The number of carbonyl (C=O) groups is 1. The van der Waals surface area contributed by atoms with Gasteiger partial charge in [-0.1, -0.05) is 0 Å². The molecule has 0 amide bonds. The Balaban J connectivity index is 0. The normalized spacial score (nSPS) is 22.8. The maximum Gasteiger partial charge on any atom is 1.00 e. The smallest absolute Gasteiger partial charge is 0.870 e. The van der Waals surface area contributed by atoms with Crippen LogP contribution in [0.5, 0.6) is 0 Å². The average molecular weight is 158 g/mol. The number of ether oxygens (including phenoxy) is 2. The van der Waals surface area contributed by atoms with Crippen LogP contribution in [0.15, 0.2) is 0 Å². The second kappa shape index (κ2) is 5.64. The molecule has 5 heteroatoms. The average Bonchev–Trinajstić information content (AvgIpc) is 1.87. The maximum atomic E-state index is 10.0. The molecule has 1 N–H and O–H groups in total. The van der Waals surface area contributed by atoms with Crippen LogP contribution in [0.3, 0.4) is 0 Å². The van der Waals surface area contributed by atoms with Gasteiger partial charge in [0.25, 0.3) is 0 Å². The van der Waals surface area contributed by atoms with E-state index in [0.717, 1.165) is 0 Å². The summed E-state index contributed by atoms with van der Waals surface area (Å²) in [6, 6.07) is 0. The Bertz CT molecular complexity index is 94.6. The van der Waals surface area contributed by atoms with E-state index in [1.54, 1.807) is 6.92 Å². The molecule has 1 aliphatic rings. The standard InChI is InChI=1S/C4H6O3.K.H2O/c1-3-2-6-4(5)7-3;;/h3H,2H2,1H3;;1H2/q;+1;/p-1. The molecular formula is C4H7KO4. The van der Waals surface area contributed by atoms with Crippen LogP contribution >= 0.6 is 0 Å². The third kappa shape index (κ3) is 4.29. The Kier molecular flexibility index (Phi) is 7.85. The van der Waals surface area contributed by atoms with E-state index in [1.165, 1.54) is 0 Å². The second-order valence-corrected chi connectivity index (χ2v) is 1.49. The van der Waals surface area contributed by atoms with E-state index in [-0.39, 0.29) is 63.0 Å². The zero-order valence-electron chi connectivity index (χ0n) is 5.46. The van der Waals surface area contributed by atoms with Crippen molar-refractivity contribution in [2.75, 3.05) is 6.61 Å². The van der Waals surface area contributed by atoms with Gasteiger partial charge >= 0.3 is 57.5 Å². The molecule has 48 valence electrons. The van der Waals surface area contributed by atoms with Crippen LogP contribution in [0.2, 0.25) is 0 Å². The fourth-order valence-corrected chi connectivity index (χ4v) is 0.418. The molecule has 4 nitrogen and oxygen atoms in total. The quantitative estimate of drug-likeness (QED) is 0.286. The Morgan fingerprint density at radius 3 is 2.33 bits per heavy atom. The molecule has 1 fully saturated rings. The predicted molar refractivity (Wildman–Crippen MR) is 23.8 cm³/mol. The zero-order chi connectivity index (χ0) is 5.28. The topological polar surface area (TPSA) is 65.5 Å². The minimum Gasteiger partial charge on any atom is -0.870 e. The van der Waals surface area contributed by atoms with Crippen molar-refractivity contribution in [2.24, 2.45) is 0 Å². The first kappa shape index (κ1) is 12.5. The SMILES string of the molecule is CC1COC(=O)O1.[K+].[OH-]. The number of hydrogen-bond acceptors (Lipinski definition) is 4. The third-order valence-electron chi connectivity index (χ3n) is 0.733. The molecule has 1 saturated heterocycles. The Labute approximate surface area is 95.6 Å². The molecule has 1 unspecified atom stereocenters. The van der Waals surface area contributed by atoms with Crippen LogP contribution < -0.4 is 51.4 Å². The van der Waals surface area contributed by atoms with Crippen molar-refractivity contribution in [2.45, 2.75) is 13.0 Å². The van der Waals surface area contributed by atoms with Crippen LogP contribution in [0.25, 0.3) is 0 Å². The summed E-state index contributed by atoms with van der Waals surface area (Å²) in [5.74, 6) is 0. The van der Waals surface area contributed by atoms with Gasteiger partial charge < -0.3 is 14.9 Å². The van der Waals surface area contributed by atoms with Gasteiger partial charge in [-0.15, -0.1) is 0 Å². The van der Waals surface area contributed by atoms with E-state index < -0.39 is 6.16 Å². The first-order valence-corrected chi connectivity index (χ1v) is 2.12. The minimum atomic E-state index is -0.549. The van der Waals surface area contributed by atoms with Gasteiger partial charge in [-0.3, -0.25) is 0 Å². The van der Waals surface area contributed by atoms with Gasteiger partial charge in [0.1, 0.15) is 12.7 Å². The van der Waals surface area contributed by atoms with Gasteiger partial charge in [-0.05, 0) is 6.92 Å². The van der Waals surface area contributed by atoms with Crippen LogP contribution in [-0.4, -0.2) is 24.3 Å². The predicted octanol–water partition coefficient (Wildman–Crippen LogP) is -2.63. The van der Waals surface area contributed by atoms with Crippen molar-refractivity contribution >= 4 is 6.16 Å². The number of carbonyl (C=O) groups excluding carboxylic acids is 1. The monoisotopic (exact) mass is 158 g/mol. The minimum absolute atomic E-state index is 0. The fraction of sp³-hybridized carbons (Fsp3) is 0.750. The van der Waals surface area contributed by atoms with Crippen molar-refractivity contribution in [3.63, 3.8) is 0 Å². The molecule has 0 aliphatic carbocycles. The molecule has 1 heterocycles. The van der Waals surface area contributed by atoms with Gasteiger partial charge in [0, 0.05) is 0 Å². The summed E-state index contributed by atoms with van der Waals surface area (Å²) >= 11 is 0. The molecule has 1 atom stereocenters. The molecule has 0 aromatic carbocycles. The first-order chi connectivity index (χ1) is 3.29. The molecule has 9 heavy (non-hydrogen) atoms. The fourth-order valence-electron chi connectivity index (χ4n) is 0.418. The van der Waals surface area contributed by atoms with Gasteiger partial charge in [-0.2, -0.15) is 0 Å². The largest absolute Gasteiger partial charge is 1.00 e. The summed E-state index contributed by atoms with van der Waals surface area (Å²) in [4.78, 5) is 10.0. The van der Waals surface area contributed by atoms with Gasteiger partial charge in [0.05, 0.1) is 0 Å².